The number of fused-ring (bicyclic) bond motifs is 1. The smallest absolute Gasteiger partial charge is 0.326 e. The van der Waals surface area contributed by atoms with E-state index in [0.29, 0.717) is 31.6 Å². The van der Waals surface area contributed by atoms with Crippen LogP contribution in [-0.2, 0) is 25.6 Å². The van der Waals surface area contributed by atoms with Gasteiger partial charge in [-0.1, -0.05) is 32.0 Å². The number of nitrogens with zero attached hydrogens (tertiary/aromatic N) is 1. The topological polar surface area (TPSA) is 158 Å². The number of carboxylic acid groups (broad SMARTS) is 1. The van der Waals surface area contributed by atoms with Crippen molar-refractivity contribution in [1.82, 2.24) is 20.5 Å². The number of amides is 3. The van der Waals surface area contributed by atoms with E-state index >= 15 is 0 Å². The van der Waals surface area contributed by atoms with Gasteiger partial charge in [-0.05, 0) is 55.2 Å². The SMILES string of the molecule is CSCCC(NC(=O)C(NC(=O)C1CCCN1C(=O)C(N)Cc1c[nH]c2ccccc12)C(C)C)C(=O)O. The monoisotopic (exact) mass is 531 g/mol. The molecule has 1 aliphatic rings. The predicted molar refractivity (Wildman–Crippen MR) is 144 cm³/mol. The number of H-pyrrole nitrogens is 1. The second-order valence-corrected chi connectivity index (χ2v) is 10.8. The van der Waals surface area contributed by atoms with Gasteiger partial charge in [0.15, 0.2) is 0 Å². The number of benzene rings is 1. The van der Waals surface area contributed by atoms with Crippen LogP contribution in [0.4, 0.5) is 0 Å². The van der Waals surface area contributed by atoms with Crippen LogP contribution in [0.5, 0.6) is 0 Å². The molecular formula is C26H37N5O5S. The number of carboxylic acids is 1. The molecule has 6 N–H and O–H groups in total. The lowest BCUT2D eigenvalue weighted by Crippen LogP contribution is -2.58. The number of aromatic nitrogens is 1. The van der Waals surface area contributed by atoms with Gasteiger partial charge in [-0.15, -0.1) is 0 Å². The fourth-order valence-corrected chi connectivity index (χ4v) is 5.15. The second-order valence-electron chi connectivity index (χ2n) is 9.77. The predicted octanol–water partition coefficient (Wildman–Crippen LogP) is 1.49. The van der Waals surface area contributed by atoms with Crippen LogP contribution in [0.3, 0.4) is 0 Å². The molecule has 3 amide bonds. The zero-order valence-electron chi connectivity index (χ0n) is 21.5. The van der Waals surface area contributed by atoms with Crippen molar-refractivity contribution in [2.75, 3.05) is 18.6 Å². The number of carbonyl (C=O) groups excluding carboxylic acids is 3. The van der Waals surface area contributed by atoms with Gasteiger partial charge in [-0.3, -0.25) is 14.4 Å². The van der Waals surface area contributed by atoms with Gasteiger partial charge in [0.05, 0.1) is 6.04 Å². The summed E-state index contributed by atoms with van der Waals surface area (Å²) in [5, 5.41) is 15.8. The van der Waals surface area contributed by atoms with E-state index in [4.69, 9.17) is 5.73 Å². The van der Waals surface area contributed by atoms with E-state index in [2.05, 4.69) is 15.6 Å². The summed E-state index contributed by atoms with van der Waals surface area (Å²) in [6.07, 6.45) is 5.44. The molecule has 4 unspecified atom stereocenters. The molecule has 37 heavy (non-hydrogen) atoms. The zero-order chi connectivity index (χ0) is 27.1. The van der Waals surface area contributed by atoms with Gasteiger partial charge in [-0.2, -0.15) is 11.8 Å². The zero-order valence-corrected chi connectivity index (χ0v) is 22.3. The molecule has 0 saturated carbocycles. The number of rotatable bonds is 12. The molecule has 1 saturated heterocycles. The van der Waals surface area contributed by atoms with Crippen LogP contribution in [0.15, 0.2) is 30.5 Å². The Morgan fingerprint density at radius 2 is 1.95 bits per heavy atom. The maximum absolute atomic E-state index is 13.3. The molecule has 1 aromatic carbocycles. The van der Waals surface area contributed by atoms with Crippen molar-refractivity contribution in [3.05, 3.63) is 36.0 Å². The quantitative estimate of drug-likeness (QED) is 0.278. The first kappa shape index (κ1) is 28.5. The van der Waals surface area contributed by atoms with E-state index < -0.39 is 42.0 Å². The maximum Gasteiger partial charge on any atom is 0.326 e. The Labute approximate surface area is 221 Å². The Balaban J connectivity index is 1.65. The van der Waals surface area contributed by atoms with E-state index in [1.807, 2.05) is 36.7 Å². The number of carbonyl (C=O) groups is 4. The van der Waals surface area contributed by atoms with Gasteiger partial charge in [0.1, 0.15) is 18.1 Å². The third kappa shape index (κ3) is 7.04. The first-order valence-electron chi connectivity index (χ1n) is 12.6. The van der Waals surface area contributed by atoms with Gasteiger partial charge < -0.3 is 31.4 Å². The molecule has 2 heterocycles. The molecular weight excluding hydrogens is 494 g/mol. The highest BCUT2D eigenvalue weighted by Crippen LogP contribution is 2.22. The van der Waals surface area contributed by atoms with E-state index in [0.717, 1.165) is 16.5 Å². The molecule has 0 radical (unpaired) electrons. The lowest BCUT2D eigenvalue weighted by Gasteiger charge is -2.29. The fourth-order valence-electron chi connectivity index (χ4n) is 4.68. The van der Waals surface area contributed by atoms with Gasteiger partial charge in [0, 0.05) is 23.6 Å². The van der Waals surface area contributed by atoms with Crippen molar-refractivity contribution in [2.24, 2.45) is 11.7 Å². The Morgan fingerprint density at radius 3 is 2.62 bits per heavy atom. The summed E-state index contributed by atoms with van der Waals surface area (Å²) in [6, 6.07) is 4.26. The average Bonchev–Trinajstić information content (AvgIpc) is 3.51. The third-order valence-electron chi connectivity index (χ3n) is 6.74. The number of para-hydroxylation sites is 1. The van der Waals surface area contributed by atoms with Gasteiger partial charge in [-0.25, -0.2) is 4.79 Å². The molecule has 10 nitrogen and oxygen atoms in total. The number of hydrogen-bond acceptors (Lipinski definition) is 6. The number of nitrogens with two attached hydrogens (primary N) is 1. The van der Waals surface area contributed by atoms with Gasteiger partial charge >= 0.3 is 5.97 Å². The highest BCUT2D eigenvalue weighted by molar-refractivity contribution is 7.98. The number of aromatic amines is 1. The van der Waals surface area contributed by atoms with Crippen LogP contribution in [0, 0.1) is 5.92 Å². The molecule has 0 spiro atoms. The Hall–Kier alpha value is -3.05. The van der Waals surface area contributed by atoms with Crippen molar-refractivity contribution in [3.63, 3.8) is 0 Å². The number of hydrogen-bond donors (Lipinski definition) is 5. The van der Waals surface area contributed by atoms with Crippen LogP contribution < -0.4 is 16.4 Å². The first-order valence-corrected chi connectivity index (χ1v) is 14.0. The van der Waals surface area contributed by atoms with E-state index in [1.165, 1.54) is 16.7 Å². The number of nitrogens with one attached hydrogen (secondary N) is 3. The average molecular weight is 532 g/mol. The molecule has 0 aliphatic carbocycles. The Bertz CT molecular complexity index is 1120. The summed E-state index contributed by atoms with van der Waals surface area (Å²) in [5.41, 5.74) is 8.20. The largest absolute Gasteiger partial charge is 0.480 e. The van der Waals surface area contributed by atoms with Crippen molar-refractivity contribution < 1.29 is 24.3 Å². The highest BCUT2D eigenvalue weighted by Gasteiger charge is 2.38. The molecule has 3 rings (SSSR count). The summed E-state index contributed by atoms with van der Waals surface area (Å²) in [5.74, 6) is -2.12. The van der Waals surface area contributed by atoms with Crippen molar-refractivity contribution in [1.29, 1.82) is 0 Å². The maximum atomic E-state index is 13.3. The summed E-state index contributed by atoms with van der Waals surface area (Å²) in [7, 11) is 0. The van der Waals surface area contributed by atoms with Crippen molar-refractivity contribution in [3.8, 4) is 0 Å². The minimum absolute atomic E-state index is 0.278. The van der Waals surface area contributed by atoms with Crippen molar-refractivity contribution >= 4 is 46.4 Å². The molecule has 2 aromatic rings. The van der Waals surface area contributed by atoms with Crippen LogP contribution in [0.25, 0.3) is 10.9 Å². The molecule has 11 heteroatoms. The standard InChI is InChI=1S/C26H37N5O5S/c1-15(2)22(24(33)29-20(26(35)36)10-12-37-3)30-23(32)21-9-6-11-31(21)25(34)18(27)13-16-14-28-19-8-5-4-7-17(16)19/h4-5,7-8,14-15,18,20-22,28H,6,9-13,27H2,1-3H3,(H,29,33)(H,30,32)(H,35,36). The van der Waals surface area contributed by atoms with E-state index in [1.54, 1.807) is 13.8 Å². The third-order valence-corrected chi connectivity index (χ3v) is 7.39. The lowest BCUT2D eigenvalue weighted by molar-refractivity contribution is -0.143. The number of aliphatic carboxylic acids is 1. The first-order chi connectivity index (χ1) is 17.6. The second kappa shape index (κ2) is 13.0. The molecule has 1 fully saturated rings. The Morgan fingerprint density at radius 1 is 1.22 bits per heavy atom. The van der Waals surface area contributed by atoms with Crippen LogP contribution in [0.1, 0.15) is 38.7 Å². The van der Waals surface area contributed by atoms with Crippen LogP contribution >= 0.6 is 11.8 Å². The summed E-state index contributed by atoms with van der Waals surface area (Å²) in [4.78, 5) is 55.7. The summed E-state index contributed by atoms with van der Waals surface area (Å²) < 4.78 is 0. The van der Waals surface area contributed by atoms with Crippen LogP contribution in [0.2, 0.25) is 0 Å². The van der Waals surface area contributed by atoms with Crippen LogP contribution in [-0.4, -0.2) is 81.4 Å². The molecule has 4 atom stereocenters. The fraction of sp³-hybridized carbons (Fsp3) is 0.538. The highest BCUT2D eigenvalue weighted by atomic mass is 32.2. The summed E-state index contributed by atoms with van der Waals surface area (Å²) >= 11 is 1.49. The van der Waals surface area contributed by atoms with E-state index in [9.17, 15) is 24.3 Å². The molecule has 1 aromatic heterocycles. The summed E-state index contributed by atoms with van der Waals surface area (Å²) in [6.45, 7) is 3.96. The minimum Gasteiger partial charge on any atom is -0.480 e. The van der Waals surface area contributed by atoms with Gasteiger partial charge in [0.25, 0.3) is 0 Å². The lowest BCUT2D eigenvalue weighted by atomic mass is 10.0. The molecule has 1 aliphatic heterocycles. The van der Waals surface area contributed by atoms with Crippen molar-refractivity contribution in [2.45, 2.75) is 63.7 Å². The molecule has 202 valence electrons. The normalized spacial score (nSPS) is 18.0. The number of thioether (sulfide) groups is 1. The number of likely N-dealkylation sites (tertiary alicyclic amines) is 1. The van der Waals surface area contributed by atoms with E-state index in [-0.39, 0.29) is 18.2 Å². The molecule has 0 bridgehead atoms. The van der Waals surface area contributed by atoms with Gasteiger partial charge in [0.2, 0.25) is 17.7 Å². The minimum atomic E-state index is -1.12. The Kier molecular flexibility index (Phi) is 9.99.